The first kappa shape index (κ1) is 107. The molecule has 0 bridgehead atoms. The van der Waals surface area contributed by atoms with Gasteiger partial charge in [-0.3, -0.25) is 4.39 Å². The van der Waals surface area contributed by atoms with Crippen molar-refractivity contribution in [3.05, 3.63) is 539 Å². The van der Waals surface area contributed by atoms with Crippen molar-refractivity contribution in [2.75, 3.05) is 0 Å². The van der Waals surface area contributed by atoms with Crippen molar-refractivity contribution < 1.29 is 118 Å². The third-order valence-corrected chi connectivity index (χ3v) is 20.1. The van der Waals surface area contributed by atoms with Crippen molar-refractivity contribution in [3.63, 3.8) is 0 Å². The molecule has 0 amide bonds. The molecule has 0 fully saturated rings. The van der Waals surface area contributed by atoms with E-state index in [-0.39, 0.29) is 106 Å². The zero-order valence-corrected chi connectivity index (χ0v) is 86.0. The van der Waals surface area contributed by atoms with Gasteiger partial charge in [0, 0.05) is 168 Å². The molecule has 137 heavy (non-hydrogen) atoms. The summed E-state index contributed by atoms with van der Waals surface area (Å²) >= 11 is 0. The number of rotatable bonds is 9. The summed E-state index contributed by atoms with van der Waals surface area (Å²) in [6, 6.07) is 156. The van der Waals surface area contributed by atoms with Crippen LogP contribution in [-0.2, 0) is 107 Å². The number of hydrogen-bond acceptors (Lipinski definition) is 9. The molecule has 5 radical (unpaired) electrons. The summed E-state index contributed by atoms with van der Waals surface area (Å²) in [4.78, 5) is 38.7. The Balaban J connectivity index is 0.000000172. The molecule has 0 N–H and O–H groups in total. The number of fused-ring (bicyclic) bond motifs is 4. The van der Waals surface area contributed by atoms with E-state index >= 15 is 0 Å². The normalized spacial score (nSPS) is 10.0. The van der Waals surface area contributed by atoms with Gasteiger partial charge in [-0.05, 0) is 169 Å². The van der Waals surface area contributed by atoms with Crippen LogP contribution < -0.4 is 0 Å². The Morgan fingerprint density at radius 1 is 0.219 bits per heavy atom. The number of pyridine rings is 9. The zero-order chi connectivity index (χ0) is 91.2. The summed E-state index contributed by atoms with van der Waals surface area (Å²) in [6.45, 7) is 6.16. The van der Waals surface area contributed by atoms with E-state index in [2.05, 4.69) is 180 Å². The van der Waals surface area contributed by atoms with Crippen LogP contribution in [0.5, 0.6) is 0 Å². The minimum atomic E-state index is -4.42. The molecule has 13 aromatic carbocycles. The minimum absolute atomic E-state index is 0. The van der Waals surface area contributed by atoms with Crippen molar-refractivity contribution in [1.29, 1.82) is 0 Å². The Bertz CT molecular complexity index is 6760. The maximum Gasteiger partial charge on any atom is 0.415 e. The summed E-state index contributed by atoms with van der Waals surface area (Å²) in [6.07, 6.45) is 11.3. The Labute approximate surface area is 865 Å². The molecular formula is C119H84F4Ir5N9-9. The van der Waals surface area contributed by atoms with Crippen molar-refractivity contribution >= 4 is 43.1 Å². The summed E-state index contributed by atoms with van der Waals surface area (Å²) in [5.41, 5.74) is 19.5. The number of aryl methyl sites for hydroxylation is 3. The Morgan fingerprint density at radius 2 is 0.526 bits per heavy atom. The van der Waals surface area contributed by atoms with Crippen LogP contribution in [0.2, 0.25) is 0 Å². The molecule has 0 saturated heterocycles. The van der Waals surface area contributed by atoms with E-state index in [1.807, 2.05) is 354 Å². The first-order chi connectivity index (χ1) is 64.8. The van der Waals surface area contributed by atoms with Crippen molar-refractivity contribution in [1.82, 2.24) is 44.9 Å². The second-order valence-corrected chi connectivity index (χ2v) is 29.4. The fourth-order valence-electron chi connectivity index (χ4n) is 13.6. The number of halogens is 4. The maximum absolute atomic E-state index is 12.6. The molecule has 687 valence electrons. The van der Waals surface area contributed by atoms with Crippen LogP contribution in [0.1, 0.15) is 22.3 Å². The van der Waals surface area contributed by atoms with E-state index in [0.29, 0.717) is 5.56 Å². The minimum Gasteiger partial charge on any atom is -0.305 e. The van der Waals surface area contributed by atoms with Crippen LogP contribution in [0.4, 0.5) is 17.6 Å². The Kier molecular flexibility index (Phi) is 44.1. The molecule has 9 heterocycles. The summed E-state index contributed by atoms with van der Waals surface area (Å²) in [7, 11) is 0. The monoisotopic (exact) mass is 2680 g/mol. The predicted molar refractivity (Wildman–Crippen MR) is 526 cm³/mol. The SMILES string of the molecule is Cc1ccc(-c2[c-]cccc2)nc1.Cc1cccnc1-c1[c-]cccc1.Cc1ccnc(-c2[c-]cccc2)c1.Fc1c[c-]c(-c2cc(C(F)(F)F)ccn2)cc1.[Ir].[Ir].[Ir].[Ir].[Ir].[c-]1ccccc1-c1ccccn1.[c-]1ccccc1-c1nccc2ccccc12.[c-]1ccccc1-c1nccc2ccccc12.[c-]1ccccc1-c1nccc2ccccc12.[c-]1ccccc1-c1nccc2ccccc12. The summed E-state index contributed by atoms with van der Waals surface area (Å²) in [5, 5.41) is 9.55. The van der Waals surface area contributed by atoms with Crippen LogP contribution in [0.25, 0.3) is 144 Å². The molecule has 9 aromatic heterocycles. The van der Waals surface area contributed by atoms with Gasteiger partial charge in [-0.15, -0.1) is 317 Å². The maximum atomic E-state index is 12.6. The quantitative estimate of drug-likeness (QED) is 0.103. The van der Waals surface area contributed by atoms with E-state index in [1.165, 1.54) is 65.8 Å². The summed E-state index contributed by atoms with van der Waals surface area (Å²) in [5.74, 6) is -0.499. The van der Waals surface area contributed by atoms with Gasteiger partial charge in [-0.25, -0.2) is 0 Å². The molecule has 9 nitrogen and oxygen atoms in total. The number of nitrogens with zero attached hydrogens (tertiary/aromatic N) is 9. The van der Waals surface area contributed by atoms with Crippen molar-refractivity contribution in [2.24, 2.45) is 0 Å². The van der Waals surface area contributed by atoms with Gasteiger partial charge in [0.05, 0.1) is 0 Å². The molecule has 0 saturated carbocycles. The van der Waals surface area contributed by atoms with E-state index in [1.54, 1.807) is 6.20 Å². The van der Waals surface area contributed by atoms with Gasteiger partial charge in [0.1, 0.15) is 0 Å². The molecule has 0 aliphatic heterocycles. The van der Waals surface area contributed by atoms with Gasteiger partial charge < -0.3 is 44.9 Å². The third-order valence-electron chi connectivity index (χ3n) is 20.1. The topological polar surface area (TPSA) is 116 Å². The predicted octanol–water partition coefficient (Wildman–Crippen LogP) is 29.6. The van der Waals surface area contributed by atoms with Crippen LogP contribution in [0.15, 0.2) is 456 Å². The largest absolute Gasteiger partial charge is 0.415 e. The molecule has 0 unspecified atom stereocenters. The van der Waals surface area contributed by atoms with Crippen LogP contribution in [-0.4, -0.2) is 44.9 Å². The molecule has 0 aliphatic carbocycles. The van der Waals surface area contributed by atoms with Crippen molar-refractivity contribution in [2.45, 2.75) is 26.9 Å². The van der Waals surface area contributed by atoms with E-state index in [9.17, 15) is 17.6 Å². The zero-order valence-electron chi connectivity index (χ0n) is 74.0. The molecule has 22 rings (SSSR count). The third kappa shape index (κ3) is 31.9. The van der Waals surface area contributed by atoms with Gasteiger partial charge in [0.2, 0.25) is 0 Å². The molecule has 0 spiro atoms. The standard InChI is InChI=1S/4C15H10N.C12H6F4N.3C12H10N.C11H8N.5Ir/c4*1-2-7-13(8-3-1)15-14-9-5-4-6-12(14)10-11-16-15;13-10-3-1-8(2-4-10)11-7-9(5-6-17-11)12(14,15)16;1-10-6-5-9-13-12(10)11-7-3-2-4-8-11;1-10-7-8-13-12(9-10)11-5-3-2-4-6-11;1-10-7-8-12(13-9-10)11-5-3-2-4-6-11;1-2-6-10(7-3-1)11-8-4-5-9-12-11;;;;;/h4*1-7,9-11H;1,3-7H;2-7,9H,1H3;2*2-5,7-9H,1H3;1-6,8-9H;;;;;/q9*-1;;;;;. The van der Waals surface area contributed by atoms with Crippen molar-refractivity contribution in [3.8, 4) is 101 Å². The van der Waals surface area contributed by atoms with Gasteiger partial charge in [0.15, 0.2) is 0 Å². The van der Waals surface area contributed by atoms with E-state index < -0.39 is 17.6 Å². The molecule has 22 aromatic rings. The first-order valence-corrected chi connectivity index (χ1v) is 42.3. The second-order valence-electron chi connectivity index (χ2n) is 29.4. The Morgan fingerprint density at radius 3 is 0.854 bits per heavy atom. The van der Waals surface area contributed by atoms with Gasteiger partial charge >= 0.3 is 6.18 Å². The number of benzene rings is 13. The molecular weight excluding hydrogens is 2590 g/mol. The molecule has 18 heteroatoms. The smallest absolute Gasteiger partial charge is 0.305 e. The van der Waals surface area contributed by atoms with E-state index in [4.69, 9.17) is 0 Å². The van der Waals surface area contributed by atoms with E-state index in [0.717, 1.165) is 121 Å². The number of hydrogen-bond donors (Lipinski definition) is 0. The average Bonchev–Trinajstić information content (AvgIpc) is 0.816. The fraction of sp³-hybridized carbons (Fsp3) is 0.0336. The van der Waals surface area contributed by atoms with Crippen LogP contribution in [0, 0.1) is 81.2 Å². The second kappa shape index (κ2) is 56.5. The van der Waals surface area contributed by atoms with Crippen LogP contribution >= 0.6 is 0 Å². The van der Waals surface area contributed by atoms with Gasteiger partial charge in [-0.1, -0.05) is 151 Å². The van der Waals surface area contributed by atoms with Gasteiger partial charge in [0.25, 0.3) is 0 Å². The average molecular weight is 2680 g/mol. The Hall–Kier alpha value is -13.8. The molecule has 0 atom stereocenters. The van der Waals surface area contributed by atoms with Gasteiger partial charge in [-0.2, -0.15) is 13.2 Å². The fourth-order valence-corrected chi connectivity index (χ4v) is 13.6. The number of alkyl halides is 3. The molecule has 0 aliphatic rings. The summed E-state index contributed by atoms with van der Waals surface area (Å²) < 4.78 is 50.0. The number of aromatic nitrogens is 9. The van der Waals surface area contributed by atoms with Crippen LogP contribution in [0.3, 0.4) is 0 Å². The first-order valence-electron chi connectivity index (χ1n) is 42.3.